The van der Waals surface area contributed by atoms with Gasteiger partial charge < -0.3 is 14.6 Å². The Labute approximate surface area is 139 Å². The van der Waals surface area contributed by atoms with Crippen LogP contribution in [0.3, 0.4) is 0 Å². The number of rotatable bonds is 5. The van der Waals surface area contributed by atoms with Gasteiger partial charge in [-0.3, -0.25) is 4.79 Å². The van der Waals surface area contributed by atoms with Crippen molar-refractivity contribution in [3.8, 4) is 17.2 Å². The number of nitrogens with zero attached hydrogens (tertiary/aromatic N) is 2. The number of benzene rings is 2. The van der Waals surface area contributed by atoms with Crippen LogP contribution in [0.4, 0.5) is 5.69 Å². The molecule has 0 aliphatic heterocycles. The summed E-state index contributed by atoms with van der Waals surface area (Å²) in [6.07, 6.45) is 0. The highest BCUT2D eigenvalue weighted by Crippen LogP contribution is 2.19. The van der Waals surface area contributed by atoms with Gasteiger partial charge in [0.15, 0.2) is 5.82 Å². The predicted octanol–water partition coefficient (Wildman–Crippen LogP) is 3.70. The quantitative estimate of drug-likeness (QED) is 0.774. The lowest BCUT2D eigenvalue weighted by molar-refractivity contribution is 0.102. The summed E-state index contributed by atoms with van der Waals surface area (Å²) >= 11 is 0. The fourth-order valence-corrected chi connectivity index (χ4v) is 2.18. The van der Waals surface area contributed by atoms with Crippen LogP contribution in [0.2, 0.25) is 0 Å². The molecule has 0 unspecified atom stereocenters. The van der Waals surface area contributed by atoms with Crippen LogP contribution >= 0.6 is 0 Å². The summed E-state index contributed by atoms with van der Waals surface area (Å²) in [4.78, 5) is 16.4. The zero-order valence-corrected chi connectivity index (χ0v) is 13.4. The molecule has 0 bridgehead atoms. The highest BCUT2D eigenvalue weighted by molar-refractivity contribution is 6.04. The molecule has 0 saturated carbocycles. The normalized spacial score (nSPS) is 10.4. The maximum absolute atomic E-state index is 12.3. The standard InChI is InChI=1S/C18H17N3O3/c1-3-23-16-10-8-15(9-11-16)20-17(22)13-4-6-14(7-5-13)18-19-12(2)21-24-18/h4-11H,3H2,1-2H3,(H,20,22). The Bertz CT molecular complexity index is 823. The van der Waals surface area contributed by atoms with Crippen LogP contribution in [-0.2, 0) is 0 Å². The molecule has 2 aromatic carbocycles. The van der Waals surface area contributed by atoms with E-state index in [1.54, 1.807) is 43.3 Å². The van der Waals surface area contributed by atoms with E-state index in [9.17, 15) is 4.79 Å². The molecular formula is C18H17N3O3. The van der Waals surface area contributed by atoms with Gasteiger partial charge in [0.1, 0.15) is 5.75 Å². The minimum absolute atomic E-state index is 0.188. The Morgan fingerprint density at radius 3 is 2.42 bits per heavy atom. The average molecular weight is 323 g/mol. The molecule has 0 atom stereocenters. The second kappa shape index (κ2) is 6.95. The van der Waals surface area contributed by atoms with Crippen molar-refractivity contribution < 1.29 is 14.1 Å². The van der Waals surface area contributed by atoms with E-state index >= 15 is 0 Å². The second-order valence-electron chi connectivity index (χ2n) is 5.14. The fraction of sp³-hybridized carbons (Fsp3) is 0.167. The molecule has 0 radical (unpaired) electrons. The van der Waals surface area contributed by atoms with Crippen molar-refractivity contribution in [2.45, 2.75) is 13.8 Å². The summed E-state index contributed by atoms with van der Waals surface area (Å²) in [5.41, 5.74) is 2.03. The van der Waals surface area contributed by atoms with Gasteiger partial charge in [0.25, 0.3) is 11.8 Å². The SMILES string of the molecule is CCOc1ccc(NC(=O)c2ccc(-c3nc(C)no3)cc2)cc1. The summed E-state index contributed by atoms with van der Waals surface area (Å²) < 4.78 is 10.5. The summed E-state index contributed by atoms with van der Waals surface area (Å²) in [7, 11) is 0. The number of nitrogens with one attached hydrogen (secondary N) is 1. The van der Waals surface area contributed by atoms with Crippen LogP contribution in [-0.4, -0.2) is 22.7 Å². The first-order chi connectivity index (χ1) is 11.7. The molecule has 0 spiro atoms. The van der Waals surface area contributed by atoms with E-state index in [2.05, 4.69) is 15.5 Å². The van der Waals surface area contributed by atoms with Gasteiger partial charge in [0.05, 0.1) is 6.61 Å². The number of hydrogen-bond acceptors (Lipinski definition) is 5. The third-order valence-corrected chi connectivity index (χ3v) is 3.34. The van der Waals surface area contributed by atoms with Gasteiger partial charge in [-0.15, -0.1) is 0 Å². The molecule has 1 aromatic heterocycles. The van der Waals surface area contributed by atoms with Crippen molar-refractivity contribution in [2.24, 2.45) is 0 Å². The van der Waals surface area contributed by atoms with Gasteiger partial charge in [-0.25, -0.2) is 0 Å². The molecule has 0 fully saturated rings. The molecule has 1 heterocycles. The third kappa shape index (κ3) is 3.60. The molecule has 122 valence electrons. The lowest BCUT2D eigenvalue weighted by Gasteiger charge is -2.07. The highest BCUT2D eigenvalue weighted by Gasteiger charge is 2.09. The average Bonchev–Trinajstić information content (AvgIpc) is 3.03. The van der Waals surface area contributed by atoms with Crippen LogP contribution in [0.5, 0.6) is 5.75 Å². The smallest absolute Gasteiger partial charge is 0.257 e. The van der Waals surface area contributed by atoms with Gasteiger partial charge in [-0.2, -0.15) is 4.98 Å². The molecule has 1 amide bonds. The van der Waals surface area contributed by atoms with Crippen LogP contribution in [0.1, 0.15) is 23.1 Å². The van der Waals surface area contributed by atoms with Crippen LogP contribution < -0.4 is 10.1 Å². The fourth-order valence-electron chi connectivity index (χ4n) is 2.18. The van der Waals surface area contributed by atoms with Crippen molar-refractivity contribution in [1.29, 1.82) is 0 Å². The van der Waals surface area contributed by atoms with E-state index in [4.69, 9.17) is 9.26 Å². The van der Waals surface area contributed by atoms with E-state index in [1.165, 1.54) is 0 Å². The molecule has 3 aromatic rings. The molecule has 0 aliphatic carbocycles. The van der Waals surface area contributed by atoms with Gasteiger partial charge in [-0.05, 0) is 62.4 Å². The zero-order chi connectivity index (χ0) is 16.9. The minimum atomic E-state index is -0.188. The Balaban J connectivity index is 1.68. The van der Waals surface area contributed by atoms with Crippen LogP contribution in [0.25, 0.3) is 11.5 Å². The first-order valence-electron chi connectivity index (χ1n) is 7.60. The van der Waals surface area contributed by atoms with E-state index < -0.39 is 0 Å². The number of hydrogen-bond donors (Lipinski definition) is 1. The molecule has 1 N–H and O–H groups in total. The summed E-state index contributed by atoms with van der Waals surface area (Å²) in [5.74, 6) is 1.59. The lowest BCUT2D eigenvalue weighted by atomic mass is 10.1. The molecule has 6 heteroatoms. The summed E-state index contributed by atoms with van der Waals surface area (Å²) in [6.45, 7) is 4.29. The van der Waals surface area contributed by atoms with E-state index in [-0.39, 0.29) is 5.91 Å². The number of amides is 1. The van der Waals surface area contributed by atoms with Crippen LogP contribution in [0.15, 0.2) is 53.1 Å². The van der Waals surface area contributed by atoms with Gasteiger partial charge >= 0.3 is 0 Å². The zero-order valence-electron chi connectivity index (χ0n) is 13.4. The second-order valence-corrected chi connectivity index (χ2v) is 5.14. The van der Waals surface area contributed by atoms with Crippen molar-refractivity contribution >= 4 is 11.6 Å². The van der Waals surface area contributed by atoms with Crippen molar-refractivity contribution in [3.63, 3.8) is 0 Å². The Morgan fingerprint density at radius 1 is 1.12 bits per heavy atom. The number of carbonyl (C=O) groups excluding carboxylic acids is 1. The van der Waals surface area contributed by atoms with Crippen molar-refractivity contribution in [3.05, 3.63) is 59.9 Å². The topological polar surface area (TPSA) is 77.2 Å². The molecule has 0 aliphatic rings. The Kier molecular flexibility index (Phi) is 4.56. The molecule has 6 nitrogen and oxygen atoms in total. The van der Waals surface area contributed by atoms with E-state index in [0.29, 0.717) is 29.6 Å². The molecule has 3 rings (SSSR count). The van der Waals surface area contributed by atoms with Gasteiger partial charge in [0, 0.05) is 16.8 Å². The number of carbonyl (C=O) groups is 1. The molecule has 0 saturated heterocycles. The monoisotopic (exact) mass is 323 g/mol. The van der Waals surface area contributed by atoms with Crippen molar-refractivity contribution in [1.82, 2.24) is 10.1 Å². The third-order valence-electron chi connectivity index (χ3n) is 3.34. The number of aryl methyl sites for hydroxylation is 1. The maximum Gasteiger partial charge on any atom is 0.257 e. The number of ether oxygens (including phenoxy) is 1. The molecule has 24 heavy (non-hydrogen) atoms. The lowest BCUT2D eigenvalue weighted by Crippen LogP contribution is -2.11. The first-order valence-corrected chi connectivity index (χ1v) is 7.60. The first kappa shape index (κ1) is 15.7. The predicted molar refractivity (Wildman–Crippen MR) is 90.0 cm³/mol. The number of anilines is 1. The summed E-state index contributed by atoms with van der Waals surface area (Å²) in [6, 6.07) is 14.2. The Morgan fingerprint density at radius 2 is 1.83 bits per heavy atom. The van der Waals surface area contributed by atoms with Gasteiger partial charge in [0.2, 0.25) is 0 Å². The van der Waals surface area contributed by atoms with Crippen molar-refractivity contribution in [2.75, 3.05) is 11.9 Å². The summed E-state index contributed by atoms with van der Waals surface area (Å²) in [5, 5.41) is 6.60. The minimum Gasteiger partial charge on any atom is -0.494 e. The molecular weight excluding hydrogens is 306 g/mol. The van der Waals surface area contributed by atoms with Gasteiger partial charge in [-0.1, -0.05) is 5.16 Å². The largest absolute Gasteiger partial charge is 0.494 e. The number of aromatic nitrogens is 2. The Hall–Kier alpha value is -3.15. The van der Waals surface area contributed by atoms with E-state index in [1.807, 2.05) is 19.1 Å². The van der Waals surface area contributed by atoms with E-state index in [0.717, 1.165) is 11.3 Å². The van der Waals surface area contributed by atoms with Crippen LogP contribution in [0, 0.1) is 6.92 Å². The maximum atomic E-state index is 12.3. The highest BCUT2D eigenvalue weighted by atomic mass is 16.5.